The maximum absolute atomic E-state index is 12.0. The number of hydrogen-bond donors (Lipinski definition) is 2. The molecule has 0 bridgehead atoms. The van der Waals surface area contributed by atoms with Crippen molar-refractivity contribution in [2.75, 3.05) is 0 Å². The molecule has 2 aromatic rings. The number of carbonyl (C=O) groups is 1. The van der Waals surface area contributed by atoms with Gasteiger partial charge >= 0.3 is 0 Å². The Labute approximate surface area is 124 Å². The van der Waals surface area contributed by atoms with Crippen LogP contribution < -0.4 is 5.73 Å². The number of amides is 1. The van der Waals surface area contributed by atoms with Crippen molar-refractivity contribution in [1.82, 2.24) is 0 Å². The molecule has 21 heavy (non-hydrogen) atoms. The Morgan fingerprint density at radius 2 is 1.71 bits per heavy atom. The van der Waals surface area contributed by atoms with Crippen molar-refractivity contribution in [2.24, 2.45) is 11.7 Å². The van der Waals surface area contributed by atoms with Gasteiger partial charge in [-0.25, -0.2) is 0 Å². The van der Waals surface area contributed by atoms with Gasteiger partial charge in [-0.15, -0.1) is 0 Å². The number of rotatable bonds is 3. The molecule has 3 nitrogen and oxygen atoms in total. The highest BCUT2D eigenvalue weighted by atomic mass is 16.3. The van der Waals surface area contributed by atoms with E-state index in [9.17, 15) is 9.90 Å². The molecule has 1 atom stereocenters. The second kappa shape index (κ2) is 5.49. The maximum atomic E-state index is 12.0. The van der Waals surface area contributed by atoms with Crippen molar-refractivity contribution >= 4 is 16.7 Å². The summed E-state index contributed by atoms with van der Waals surface area (Å²) in [5, 5.41) is 13.2. The molecule has 3 N–H and O–H groups in total. The molecule has 3 heteroatoms. The number of hydrogen-bond acceptors (Lipinski definition) is 2. The van der Waals surface area contributed by atoms with E-state index in [0.29, 0.717) is 5.56 Å². The van der Waals surface area contributed by atoms with Gasteiger partial charge in [0.1, 0.15) is 0 Å². The fourth-order valence-electron chi connectivity index (χ4n) is 3.53. The average Bonchev–Trinajstić information content (AvgIpc) is 2.54. The fourth-order valence-corrected chi connectivity index (χ4v) is 3.53. The summed E-state index contributed by atoms with van der Waals surface area (Å²) < 4.78 is 0. The molecule has 1 aliphatic carbocycles. The lowest BCUT2D eigenvalue weighted by Gasteiger charge is -2.36. The predicted molar refractivity (Wildman–Crippen MR) is 83.6 cm³/mol. The molecule has 0 spiro atoms. The van der Waals surface area contributed by atoms with Crippen LogP contribution in [-0.4, -0.2) is 11.0 Å². The molecule has 110 valence electrons. The van der Waals surface area contributed by atoms with Gasteiger partial charge in [0.2, 0.25) is 0 Å². The summed E-state index contributed by atoms with van der Waals surface area (Å²) in [6.07, 6.45) is 4.98. The molecule has 0 saturated heterocycles. The Morgan fingerprint density at radius 3 is 2.38 bits per heavy atom. The molecule has 2 aromatic carbocycles. The topological polar surface area (TPSA) is 63.3 Å². The van der Waals surface area contributed by atoms with E-state index in [1.807, 2.05) is 42.5 Å². The lowest BCUT2D eigenvalue weighted by Crippen LogP contribution is -2.48. The minimum absolute atomic E-state index is 0.0788. The molecular weight excluding hydrogens is 262 g/mol. The van der Waals surface area contributed by atoms with Crippen molar-refractivity contribution in [3.63, 3.8) is 0 Å². The zero-order valence-corrected chi connectivity index (χ0v) is 12.1. The number of benzene rings is 2. The number of carbonyl (C=O) groups excluding carboxylic acids is 1. The van der Waals surface area contributed by atoms with Gasteiger partial charge in [-0.1, -0.05) is 55.7 Å². The SMILES string of the molecule is NC(=O)C(O)(c1ccc2ccccc2c1)C1CCCCC1. The van der Waals surface area contributed by atoms with E-state index in [2.05, 4.69) is 0 Å². The second-order valence-electron chi connectivity index (χ2n) is 6.03. The number of aliphatic hydroxyl groups is 1. The molecule has 3 rings (SSSR count). The first-order valence-electron chi connectivity index (χ1n) is 7.64. The largest absolute Gasteiger partial charge is 0.375 e. The summed E-state index contributed by atoms with van der Waals surface area (Å²) in [5.41, 5.74) is 4.66. The zero-order chi connectivity index (χ0) is 14.9. The first kappa shape index (κ1) is 14.1. The summed E-state index contributed by atoms with van der Waals surface area (Å²) in [4.78, 5) is 12.0. The van der Waals surface area contributed by atoms with E-state index in [4.69, 9.17) is 5.73 Å². The number of fused-ring (bicyclic) bond motifs is 1. The summed E-state index contributed by atoms with van der Waals surface area (Å²) in [6.45, 7) is 0. The molecule has 1 fully saturated rings. The number of primary amides is 1. The van der Waals surface area contributed by atoms with Crippen molar-refractivity contribution in [3.8, 4) is 0 Å². The Bertz CT molecular complexity index is 661. The Balaban J connectivity index is 2.07. The Kier molecular flexibility index (Phi) is 3.68. The fraction of sp³-hybridized carbons (Fsp3) is 0.389. The third kappa shape index (κ3) is 2.42. The Morgan fingerprint density at radius 1 is 1.05 bits per heavy atom. The van der Waals surface area contributed by atoms with E-state index in [1.165, 1.54) is 6.42 Å². The molecule has 0 aliphatic heterocycles. The van der Waals surface area contributed by atoms with Gasteiger partial charge in [0, 0.05) is 5.92 Å². The van der Waals surface area contributed by atoms with Gasteiger partial charge in [-0.2, -0.15) is 0 Å². The predicted octanol–water partition coefficient (Wildman–Crippen LogP) is 3.09. The van der Waals surface area contributed by atoms with E-state index < -0.39 is 11.5 Å². The molecule has 1 unspecified atom stereocenters. The summed E-state index contributed by atoms with van der Waals surface area (Å²) in [5.74, 6) is -0.713. The van der Waals surface area contributed by atoms with Crippen LogP contribution in [0.5, 0.6) is 0 Å². The van der Waals surface area contributed by atoms with Crippen molar-refractivity contribution in [3.05, 3.63) is 48.0 Å². The third-order valence-corrected chi connectivity index (χ3v) is 4.76. The van der Waals surface area contributed by atoms with E-state index in [1.54, 1.807) is 0 Å². The lowest BCUT2D eigenvalue weighted by molar-refractivity contribution is -0.145. The van der Waals surface area contributed by atoms with Crippen LogP contribution in [0.15, 0.2) is 42.5 Å². The molecule has 1 amide bonds. The van der Waals surface area contributed by atoms with Gasteiger partial charge in [-0.3, -0.25) is 4.79 Å². The zero-order valence-electron chi connectivity index (χ0n) is 12.1. The molecular formula is C18H21NO2. The van der Waals surface area contributed by atoms with Gasteiger partial charge in [0.05, 0.1) is 0 Å². The van der Waals surface area contributed by atoms with Crippen LogP contribution in [0.1, 0.15) is 37.7 Å². The molecule has 0 aromatic heterocycles. The third-order valence-electron chi connectivity index (χ3n) is 4.76. The lowest BCUT2D eigenvalue weighted by atomic mass is 9.72. The van der Waals surface area contributed by atoms with E-state index in [0.717, 1.165) is 36.5 Å². The normalized spacial score (nSPS) is 19.3. The highest BCUT2D eigenvalue weighted by Crippen LogP contribution is 2.40. The first-order chi connectivity index (χ1) is 10.1. The quantitative estimate of drug-likeness (QED) is 0.909. The minimum atomic E-state index is -1.55. The first-order valence-corrected chi connectivity index (χ1v) is 7.64. The van der Waals surface area contributed by atoms with Crippen LogP contribution in [-0.2, 0) is 10.4 Å². The van der Waals surface area contributed by atoms with Crippen molar-refractivity contribution < 1.29 is 9.90 Å². The van der Waals surface area contributed by atoms with Crippen LogP contribution in [0, 0.1) is 5.92 Å². The Hall–Kier alpha value is -1.87. The van der Waals surface area contributed by atoms with Crippen LogP contribution in [0.4, 0.5) is 0 Å². The van der Waals surface area contributed by atoms with Gasteiger partial charge in [-0.05, 0) is 35.2 Å². The van der Waals surface area contributed by atoms with Crippen LogP contribution >= 0.6 is 0 Å². The van der Waals surface area contributed by atoms with Crippen LogP contribution in [0.3, 0.4) is 0 Å². The average molecular weight is 283 g/mol. The standard InChI is InChI=1S/C18H21NO2/c19-17(20)18(21,15-8-2-1-3-9-15)16-11-10-13-6-4-5-7-14(13)12-16/h4-7,10-12,15,21H,1-3,8-9H2,(H2,19,20). The van der Waals surface area contributed by atoms with Crippen LogP contribution in [0.2, 0.25) is 0 Å². The van der Waals surface area contributed by atoms with Crippen LogP contribution in [0.25, 0.3) is 10.8 Å². The van der Waals surface area contributed by atoms with Gasteiger partial charge in [0.15, 0.2) is 5.60 Å². The highest BCUT2D eigenvalue weighted by molar-refractivity contribution is 5.89. The summed E-state index contributed by atoms with van der Waals surface area (Å²) >= 11 is 0. The maximum Gasteiger partial charge on any atom is 0.254 e. The minimum Gasteiger partial charge on any atom is -0.375 e. The second-order valence-corrected chi connectivity index (χ2v) is 6.03. The monoisotopic (exact) mass is 283 g/mol. The molecule has 1 aliphatic rings. The number of nitrogens with two attached hydrogens (primary N) is 1. The van der Waals surface area contributed by atoms with E-state index in [-0.39, 0.29) is 5.92 Å². The molecule has 0 radical (unpaired) electrons. The van der Waals surface area contributed by atoms with Gasteiger partial charge in [0.25, 0.3) is 5.91 Å². The molecule has 1 saturated carbocycles. The van der Waals surface area contributed by atoms with Gasteiger partial charge < -0.3 is 10.8 Å². The highest BCUT2D eigenvalue weighted by Gasteiger charge is 2.44. The van der Waals surface area contributed by atoms with Crippen molar-refractivity contribution in [1.29, 1.82) is 0 Å². The summed E-state index contributed by atoms with van der Waals surface area (Å²) in [7, 11) is 0. The van der Waals surface area contributed by atoms with E-state index >= 15 is 0 Å². The van der Waals surface area contributed by atoms with Crippen molar-refractivity contribution in [2.45, 2.75) is 37.7 Å². The summed E-state index contributed by atoms with van der Waals surface area (Å²) in [6, 6.07) is 13.6. The smallest absolute Gasteiger partial charge is 0.254 e. The molecule has 0 heterocycles.